The zero-order valence-electron chi connectivity index (χ0n) is 13.7. The van der Waals surface area contributed by atoms with Gasteiger partial charge < -0.3 is 10.2 Å². The van der Waals surface area contributed by atoms with Gasteiger partial charge in [0.2, 0.25) is 5.91 Å². The average Bonchev–Trinajstić information content (AvgIpc) is 3.08. The normalized spacial score (nSPS) is 17.6. The van der Waals surface area contributed by atoms with Crippen LogP contribution < -0.4 is 10.2 Å². The quantitative estimate of drug-likeness (QED) is 0.936. The molecule has 1 saturated carbocycles. The zero-order valence-corrected chi connectivity index (χ0v) is 13.7. The number of aromatic nitrogens is 2. The van der Waals surface area contributed by atoms with Crippen molar-refractivity contribution < 1.29 is 4.79 Å². The van der Waals surface area contributed by atoms with Crippen LogP contribution in [0.15, 0.2) is 36.4 Å². The Morgan fingerprint density at radius 1 is 1.04 bits per heavy atom. The van der Waals surface area contributed by atoms with Crippen LogP contribution in [0.25, 0.3) is 11.3 Å². The van der Waals surface area contributed by atoms with Crippen LogP contribution in [0.3, 0.4) is 0 Å². The van der Waals surface area contributed by atoms with Gasteiger partial charge in [0.1, 0.15) is 0 Å². The fourth-order valence-corrected chi connectivity index (χ4v) is 3.27. The van der Waals surface area contributed by atoms with Gasteiger partial charge in [-0.25, -0.2) is 0 Å². The van der Waals surface area contributed by atoms with Gasteiger partial charge in [0.05, 0.1) is 5.69 Å². The largest absolute Gasteiger partial charge is 0.355 e. The Labute approximate surface area is 142 Å². The van der Waals surface area contributed by atoms with E-state index in [2.05, 4.69) is 20.4 Å². The maximum absolute atomic E-state index is 12.1. The molecule has 0 spiro atoms. The molecular formula is C19H22N4O. The summed E-state index contributed by atoms with van der Waals surface area (Å²) in [6.45, 7) is 2.13. The SMILES string of the molecule is O=C(Nc1cccc(-c2ccc(N3CCCC3)nn2)c1)C1CCC1. The number of benzene rings is 1. The summed E-state index contributed by atoms with van der Waals surface area (Å²) in [6, 6.07) is 11.9. The first-order valence-corrected chi connectivity index (χ1v) is 8.79. The molecule has 0 atom stereocenters. The van der Waals surface area contributed by atoms with Crippen molar-refractivity contribution in [3.8, 4) is 11.3 Å². The second-order valence-corrected chi connectivity index (χ2v) is 6.67. The van der Waals surface area contributed by atoms with Gasteiger partial charge in [0.15, 0.2) is 5.82 Å². The number of carbonyl (C=O) groups excluding carboxylic acids is 1. The van der Waals surface area contributed by atoms with Gasteiger partial charge >= 0.3 is 0 Å². The van der Waals surface area contributed by atoms with E-state index in [0.717, 1.165) is 55.1 Å². The minimum absolute atomic E-state index is 0.133. The molecule has 1 aliphatic carbocycles. The second-order valence-electron chi connectivity index (χ2n) is 6.67. The van der Waals surface area contributed by atoms with Crippen molar-refractivity contribution in [1.82, 2.24) is 10.2 Å². The lowest BCUT2D eigenvalue weighted by atomic mass is 9.85. The minimum atomic E-state index is 0.133. The Hall–Kier alpha value is -2.43. The highest BCUT2D eigenvalue weighted by Gasteiger charge is 2.25. The van der Waals surface area contributed by atoms with Crippen molar-refractivity contribution in [1.29, 1.82) is 0 Å². The summed E-state index contributed by atoms with van der Waals surface area (Å²) in [5.41, 5.74) is 2.63. The maximum Gasteiger partial charge on any atom is 0.227 e. The Balaban J connectivity index is 1.49. The predicted octanol–water partition coefficient (Wildman–Crippen LogP) is 3.48. The average molecular weight is 322 g/mol. The summed E-state index contributed by atoms with van der Waals surface area (Å²) in [6.07, 6.45) is 5.64. The lowest BCUT2D eigenvalue weighted by Gasteiger charge is -2.24. The molecule has 24 heavy (non-hydrogen) atoms. The molecule has 0 unspecified atom stereocenters. The molecule has 0 radical (unpaired) electrons. The fourth-order valence-electron chi connectivity index (χ4n) is 3.27. The molecule has 124 valence electrons. The number of nitrogens with one attached hydrogen (secondary N) is 1. The monoisotopic (exact) mass is 322 g/mol. The molecule has 1 aliphatic heterocycles. The van der Waals surface area contributed by atoms with Crippen LogP contribution in [0.2, 0.25) is 0 Å². The van der Waals surface area contributed by atoms with Crippen molar-refractivity contribution in [3.05, 3.63) is 36.4 Å². The summed E-state index contributed by atoms with van der Waals surface area (Å²) in [7, 11) is 0. The van der Waals surface area contributed by atoms with Crippen LogP contribution in [0.4, 0.5) is 11.5 Å². The first kappa shape index (κ1) is 15.1. The number of carbonyl (C=O) groups is 1. The van der Waals surface area contributed by atoms with Gasteiger partial charge in [-0.15, -0.1) is 10.2 Å². The fraction of sp³-hybridized carbons (Fsp3) is 0.421. The number of nitrogens with zero attached hydrogens (tertiary/aromatic N) is 3. The van der Waals surface area contributed by atoms with Crippen LogP contribution in [-0.4, -0.2) is 29.2 Å². The van der Waals surface area contributed by atoms with E-state index < -0.39 is 0 Å². The van der Waals surface area contributed by atoms with Crippen LogP contribution >= 0.6 is 0 Å². The first-order chi connectivity index (χ1) is 11.8. The Morgan fingerprint density at radius 3 is 2.54 bits per heavy atom. The topological polar surface area (TPSA) is 58.1 Å². The summed E-state index contributed by atoms with van der Waals surface area (Å²) >= 11 is 0. The molecule has 0 bridgehead atoms. The summed E-state index contributed by atoms with van der Waals surface area (Å²) < 4.78 is 0. The third-order valence-electron chi connectivity index (χ3n) is 4.98. The predicted molar refractivity (Wildman–Crippen MR) is 94.9 cm³/mol. The van der Waals surface area contributed by atoms with Gasteiger partial charge in [-0.05, 0) is 49.9 Å². The molecule has 2 fully saturated rings. The van der Waals surface area contributed by atoms with E-state index in [-0.39, 0.29) is 11.8 Å². The van der Waals surface area contributed by atoms with Crippen molar-refractivity contribution in [2.75, 3.05) is 23.3 Å². The summed E-state index contributed by atoms with van der Waals surface area (Å²) in [4.78, 5) is 14.4. The van der Waals surface area contributed by atoms with Crippen LogP contribution in [0, 0.1) is 5.92 Å². The van der Waals surface area contributed by atoms with E-state index in [9.17, 15) is 4.79 Å². The number of anilines is 2. The third kappa shape index (κ3) is 3.11. The molecule has 2 heterocycles. The molecule has 1 saturated heterocycles. The maximum atomic E-state index is 12.1. The van der Waals surface area contributed by atoms with E-state index in [0.29, 0.717) is 0 Å². The summed E-state index contributed by atoms with van der Waals surface area (Å²) in [5.74, 6) is 1.27. The van der Waals surface area contributed by atoms with Crippen molar-refractivity contribution >= 4 is 17.4 Å². The highest BCUT2D eigenvalue weighted by molar-refractivity contribution is 5.93. The molecule has 1 N–H and O–H groups in total. The van der Waals surface area contributed by atoms with E-state index in [4.69, 9.17) is 0 Å². The van der Waals surface area contributed by atoms with Crippen molar-refractivity contribution in [2.45, 2.75) is 32.1 Å². The van der Waals surface area contributed by atoms with Crippen LogP contribution in [0.5, 0.6) is 0 Å². The molecule has 2 aliphatic rings. The number of amides is 1. The first-order valence-electron chi connectivity index (χ1n) is 8.79. The van der Waals surface area contributed by atoms with Crippen LogP contribution in [-0.2, 0) is 4.79 Å². The molecular weight excluding hydrogens is 300 g/mol. The molecule has 1 aromatic carbocycles. The molecule has 1 amide bonds. The van der Waals surface area contributed by atoms with Gasteiger partial charge in [-0.2, -0.15) is 0 Å². The molecule has 5 nitrogen and oxygen atoms in total. The van der Waals surface area contributed by atoms with E-state index in [1.165, 1.54) is 12.8 Å². The van der Waals surface area contributed by atoms with E-state index in [1.807, 2.05) is 36.4 Å². The lowest BCUT2D eigenvalue weighted by molar-refractivity contribution is -0.122. The summed E-state index contributed by atoms with van der Waals surface area (Å²) in [5, 5.41) is 11.8. The standard InChI is InChI=1S/C19H22N4O/c24-19(14-5-3-6-14)20-16-8-4-7-15(13-16)17-9-10-18(22-21-17)23-11-1-2-12-23/h4,7-10,13-14H,1-3,5-6,11-12H2,(H,20,24). The van der Waals surface area contributed by atoms with Gasteiger partial charge in [-0.1, -0.05) is 18.6 Å². The smallest absolute Gasteiger partial charge is 0.227 e. The van der Waals surface area contributed by atoms with E-state index in [1.54, 1.807) is 0 Å². The van der Waals surface area contributed by atoms with Crippen molar-refractivity contribution in [2.24, 2.45) is 5.92 Å². The molecule has 5 heteroatoms. The molecule has 4 rings (SSSR count). The number of rotatable bonds is 4. The lowest BCUT2D eigenvalue weighted by Crippen LogP contribution is -2.27. The highest BCUT2D eigenvalue weighted by Crippen LogP contribution is 2.28. The van der Waals surface area contributed by atoms with E-state index >= 15 is 0 Å². The minimum Gasteiger partial charge on any atom is -0.355 e. The third-order valence-corrected chi connectivity index (χ3v) is 4.98. The highest BCUT2D eigenvalue weighted by atomic mass is 16.1. The Kier molecular flexibility index (Phi) is 4.15. The molecule has 2 aromatic rings. The zero-order chi connectivity index (χ0) is 16.4. The van der Waals surface area contributed by atoms with Gasteiger partial charge in [0, 0.05) is 30.3 Å². The number of hydrogen-bond donors (Lipinski definition) is 1. The molecule has 1 aromatic heterocycles. The van der Waals surface area contributed by atoms with Crippen molar-refractivity contribution in [3.63, 3.8) is 0 Å². The Bertz CT molecular complexity index is 718. The van der Waals surface area contributed by atoms with Crippen LogP contribution in [0.1, 0.15) is 32.1 Å². The van der Waals surface area contributed by atoms with Gasteiger partial charge in [-0.3, -0.25) is 4.79 Å². The number of hydrogen-bond acceptors (Lipinski definition) is 4. The second kappa shape index (κ2) is 6.59. The Morgan fingerprint density at radius 2 is 1.88 bits per heavy atom. The van der Waals surface area contributed by atoms with Gasteiger partial charge in [0.25, 0.3) is 0 Å².